The van der Waals surface area contributed by atoms with Crippen molar-refractivity contribution in [3.63, 3.8) is 0 Å². The zero-order valence-electron chi connectivity index (χ0n) is 19.5. The van der Waals surface area contributed by atoms with Crippen LogP contribution in [-0.2, 0) is 32.0 Å². The molecule has 3 atom stereocenters. The molecule has 2 amide bonds. The molecule has 188 valence electrons. The summed E-state index contributed by atoms with van der Waals surface area (Å²) in [5, 5.41) is 28.9. The number of nitrogens with one attached hydrogen (secondary N) is 1. The molecule has 10 nitrogen and oxygen atoms in total. The lowest BCUT2D eigenvalue weighted by molar-refractivity contribution is -0.144. The predicted octanol–water partition coefficient (Wildman–Crippen LogP) is 1.16. The van der Waals surface area contributed by atoms with E-state index in [9.17, 15) is 24.6 Å². The van der Waals surface area contributed by atoms with E-state index >= 15 is 0 Å². The number of phenols is 1. The van der Waals surface area contributed by atoms with E-state index in [4.69, 9.17) is 15.6 Å². The van der Waals surface area contributed by atoms with E-state index in [0.29, 0.717) is 19.4 Å². The molecule has 1 aliphatic rings. The van der Waals surface area contributed by atoms with Crippen LogP contribution in [0.2, 0.25) is 0 Å². The zero-order valence-corrected chi connectivity index (χ0v) is 19.5. The SMILES string of the molecule is CC(=O)O.N[C@@H](Cc1ccc(O)cc1)C(=O)N1CCC[C@H]1C(=O)N[C@@H](Cc1ccccc1)C(=O)O. The molecule has 0 unspecified atom stereocenters. The van der Waals surface area contributed by atoms with Crippen LogP contribution in [0.25, 0.3) is 0 Å². The Labute approximate surface area is 203 Å². The molecule has 0 saturated carbocycles. The Morgan fingerprint density at radius 1 is 1.00 bits per heavy atom. The van der Waals surface area contributed by atoms with Crippen LogP contribution < -0.4 is 11.1 Å². The predicted molar refractivity (Wildman–Crippen MR) is 128 cm³/mol. The molecular weight excluding hydrogens is 454 g/mol. The average molecular weight is 486 g/mol. The lowest BCUT2D eigenvalue weighted by Gasteiger charge is -2.28. The summed E-state index contributed by atoms with van der Waals surface area (Å²) in [7, 11) is 0. The molecule has 1 saturated heterocycles. The second kappa shape index (κ2) is 13.1. The molecule has 0 radical (unpaired) electrons. The number of aromatic hydroxyl groups is 1. The number of carboxylic acids is 2. The van der Waals surface area contributed by atoms with Gasteiger partial charge in [-0.2, -0.15) is 0 Å². The summed E-state index contributed by atoms with van der Waals surface area (Å²) in [5.74, 6) is -2.66. The van der Waals surface area contributed by atoms with Crippen LogP contribution in [0.3, 0.4) is 0 Å². The minimum Gasteiger partial charge on any atom is -0.508 e. The van der Waals surface area contributed by atoms with Crippen LogP contribution >= 0.6 is 0 Å². The average Bonchev–Trinajstić information content (AvgIpc) is 3.30. The Morgan fingerprint density at radius 2 is 1.57 bits per heavy atom. The summed E-state index contributed by atoms with van der Waals surface area (Å²) in [5.41, 5.74) is 7.70. The number of hydrogen-bond acceptors (Lipinski definition) is 6. The van der Waals surface area contributed by atoms with Crippen LogP contribution in [0, 0.1) is 0 Å². The highest BCUT2D eigenvalue weighted by Gasteiger charge is 2.37. The van der Waals surface area contributed by atoms with Crippen molar-refractivity contribution in [2.24, 2.45) is 5.73 Å². The maximum Gasteiger partial charge on any atom is 0.326 e. The number of rotatable bonds is 8. The van der Waals surface area contributed by atoms with E-state index in [1.54, 1.807) is 24.3 Å². The smallest absolute Gasteiger partial charge is 0.326 e. The van der Waals surface area contributed by atoms with E-state index < -0.39 is 36.0 Å². The van der Waals surface area contributed by atoms with Gasteiger partial charge in [-0.15, -0.1) is 0 Å². The molecule has 10 heteroatoms. The largest absolute Gasteiger partial charge is 0.508 e. The normalized spacial score (nSPS) is 16.4. The molecule has 1 heterocycles. The zero-order chi connectivity index (χ0) is 26.0. The molecule has 0 aliphatic carbocycles. The van der Waals surface area contributed by atoms with E-state index in [1.165, 1.54) is 17.0 Å². The van der Waals surface area contributed by atoms with Crippen LogP contribution in [0.1, 0.15) is 30.9 Å². The van der Waals surface area contributed by atoms with Gasteiger partial charge in [-0.3, -0.25) is 14.4 Å². The molecule has 0 spiro atoms. The fourth-order valence-electron chi connectivity index (χ4n) is 3.81. The second-order valence-electron chi connectivity index (χ2n) is 8.27. The summed E-state index contributed by atoms with van der Waals surface area (Å²) >= 11 is 0. The second-order valence-corrected chi connectivity index (χ2v) is 8.27. The quantitative estimate of drug-likeness (QED) is 0.371. The first-order valence-corrected chi connectivity index (χ1v) is 11.2. The monoisotopic (exact) mass is 485 g/mol. The lowest BCUT2D eigenvalue weighted by atomic mass is 10.0. The third-order valence-electron chi connectivity index (χ3n) is 5.44. The first kappa shape index (κ1) is 27.3. The summed E-state index contributed by atoms with van der Waals surface area (Å²) < 4.78 is 0. The van der Waals surface area contributed by atoms with Gasteiger partial charge in [0.2, 0.25) is 11.8 Å². The number of nitrogens with two attached hydrogens (primary N) is 1. The van der Waals surface area contributed by atoms with Gasteiger partial charge in [0.05, 0.1) is 6.04 Å². The van der Waals surface area contributed by atoms with Crippen LogP contribution in [0.5, 0.6) is 5.75 Å². The first-order chi connectivity index (χ1) is 16.6. The van der Waals surface area contributed by atoms with Gasteiger partial charge in [0.1, 0.15) is 17.8 Å². The van der Waals surface area contributed by atoms with Gasteiger partial charge in [0.15, 0.2) is 0 Å². The molecule has 35 heavy (non-hydrogen) atoms. The third kappa shape index (κ3) is 8.74. The summed E-state index contributed by atoms with van der Waals surface area (Å²) in [6.07, 6.45) is 1.53. The number of benzene rings is 2. The molecule has 0 bridgehead atoms. The number of carbonyl (C=O) groups is 4. The molecule has 1 aliphatic heterocycles. The molecule has 2 aromatic carbocycles. The molecular formula is C25H31N3O7. The van der Waals surface area contributed by atoms with Gasteiger partial charge in [0.25, 0.3) is 5.97 Å². The van der Waals surface area contributed by atoms with Gasteiger partial charge in [-0.05, 0) is 42.5 Å². The number of nitrogens with zero attached hydrogens (tertiary/aromatic N) is 1. The maximum absolute atomic E-state index is 12.9. The van der Waals surface area contributed by atoms with Crippen molar-refractivity contribution in [1.82, 2.24) is 10.2 Å². The summed E-state index contributed by atoms with van der Waals surface area (Å²) in [6, 6.07) is 12.8. The Morgan fingerprint density at radius 3 is 2.14 bits per heavy atom. The van der Waals surface area contributed by atoms with Crippen molar-refractivity contribution in [2.75, 3.05) is 6.54 Å². The molecule has 2 aromatic rings. The van der Waals surface area contributed by atoms with Crippen molar-refractivity contribution in [3.8, 4) is 5.75 Å². The van der Waals surface area contributed by atoms with E-state index in [0.717, 1.165) is 18.1 Å². The summed E-state index contributed by atoms with van der Waals surface area (Å²) in [4.78, 5) is 47.9. The molecule has 3 rings (SSSR count). The van der Waals surface area contributed by atoms with Crippen molar-refractivity contribution in [2.45, 2.75) is 50.7 Å². The van der Waals surface area contributed by atoms with E-state index in [-0.39, 0.29) is 24.5 Å². The molecule has 6 N–H and O–H groups in total. The highest BCUT2D eigenvalue weighted by molar-refractivity contribution is 5.92. The number of hydrogen-bond donors (Lipinski definition) is 5. The Bertz CT molecular complexity index is 1010. The van der Waals surface area contributed by atoms with Crippen LogP contribution in [-0.4, -0.2) is 68.6 Å². The topological polar surface area (TPSA) is 170 Å². The fourth-order valence-corrected chi connectivity index (χ4v) is 3.81. The standard InChI is InChI=1S/C23H27N3O5.C2H4O2/c24-18(13-16-8-10-17(27)11-9-16)22(29)26-12-4-7-20(26)21(28)25-19(23(30)31)14-15-5-2-1-3-6-15;1-2(3)4/h1-3,5-6,8-11,18-20,27H,4,7,12-14,24H2,(H,25,28)(H,30,31);1H3,(H,3,4)/t18-,19-,20-;/m0./s1. The third-order valence-corrected chi connectivity index (χ3v) is 5.44. The minimum absolute atomic E-state index is 0.128. The van der Waals surface area contributed by atoms with E-state index in [1.807, 2.05) is 18.2 Å². The van der Waals surface area contributed by atoms with Crippen molar-refractivity contribution < 1.29 is 34.5 Å². The van der Waals surface area contributed by atoms with Gasteiger partial charge < -0.3 is 31.3 Å². The Hall–Kier alpha value is -3.92. The maximum atomic E-state index is 12.9. The van der Waals surface area contributed by atoms with Crippen molar-refractivity contribution in [1.29, 1.82) is 0 Å². The summed E-state index contributed by atoms with van der Waals surface area (Å²) in [6.45, 7) is 1.48. The Kier molecular flexibility index (Phi) is 10.2. The number of amides is 2. The lowest BCUT2D eigenvalue weighted by Crippen LogP contribution is -2.54. The number of carbonyl (C=O) groups excluding carboxylic acids is 2. The van der Waals surface area contributed by atoms with E-state index in [2.05, 4.69) is 5.32 Å². The number of likely N-dealkylation sites (tertiary alicyclic amines) is 1. The van der Waals surface area contributed by atoms with Gasteiger partial charge in [-0.25, -0.2) is 4.79 Å². The Balaban J connectivity index is 0.00000100. The van der Waals surface area contributed by atoms with Crippen LogP contribution in [0.15, 0.2) is 54.6 Å². The number of aliphatic carboxylic acids is 2. The number of phenolic OH excluding ortho intramolecular Hbond substituents is 1. The van der Waals surface area contributed by atoms with Crippen molar-refractivity contribution >= 4 is 23.8 Å². The van der Waals surface area contributed by atoms with Gasteiger partial charge >= 0.3 is 5.97 Å². The highest BCUT2D eigenvalue weighted by Crippen LogP contribution is 2.20. The minimum atomic E-state index is -1.13. The first-order valence-electron chi connectivity index (χ1n) is 11.2. The highest BCUT2D eigenvalue weighted by atomic mass is 16.4. The fraction of sp³-hybridized carbons (Fsp3) is 0.360. The molecule has 0 aromatic heterocycles. The van der Waals surface area contributed by atoms with Crippen LogP contribution in [0.4, 0.5) is 0 Å². The van der Waals surface area contributed by atoms with Crippen molar-refractivity contribution in [3.05, 3.63) is 65.7 Å². The number of carboxylic acid groups (broad SMARTS) is 2. The molecule has 1 fully saturated rings. The van der Waals surface area contributed by atoms with Gasteiger partial charge in [0, 0.05) is 19.9 Å². The van der Waals surface area contributed by atoms with Gasteiger partial charge in [-0.1, -0.05) is 42.5 Å².